The summed E-state index contributed by atoms with van der Waals surface area (Å²) in [6.07, 6.45) is 7.04. The van der Waals surface area contributed by atoms with Gasteiger partial charge < -0.3 is 5.11 Å². The molecule has 8 heteroatoms. The molecule has 2 aromatic heterocycles. The van der Waals surface area contributed by atoms with Gasteiger partial charge in [-0.25, -0.2) is 14.0 Å². The fourth-order valence-corrected chi connectivity index (χ4v) is 3.61. The second-order valence-electron chi connectivity index (χ2n) is 5.79. The van der Waals surface area contributed by atoms with Gasteiger partial charge in [-0.3, -0.25) is 4.98 Å². The van der Waals surface area contributed by atoms with Gasteiger partial charge in [-0.1, -0.05) is 11.6 Å². The van der Waals surface area contributed by atoms with Gasteiger partial charge in [-0.2, -0.15) is 11.8 Å². The lowest BCUT2D eigenvalue weighted by molar-refractivity contribution is -0.132. The van der Waals surface area contributed by atoms with Crippen molar-refractivity contribution in [3.8, 4) is 5.69 Å². The first kappa shape index (κ1) is 18.9. The van der Waals surface area contributed by atoms with Crippen LogP contribution in [-0.4, -0.2) is 58.0 Å². The topological polar surface area (TPSA) is 68.0 Å². The van der Waals surface area contributed by atoms with Crippen LogP contribution in [0.3, 0.4) is 0 Å². The van der Waals surface area contributed by atoms with Crippen LogP contribution in [0, 0.1) is 5.92 Å². The first-order valence-corrected chi connectivity index (χ1v) is 9.37. The molecule has 0 fully saturated rings. The number of quaternary nitrogens is 1. The molecule has 2 heterocycles. The van der Waals surface area contributed by atoms with Crippen molar-refractivity contribution in [3.05, 3.63) is 35.9 Å². The molecule has 0 aliphatic carbocycles. The van der Waals surface area contributed by atoms with Crippen molar-refractivity contribution in [3.63, 3.8) is 0 Å². The van der Waals surface area contributed by atoms with Crippen molar-refractivity contribution < 1.29 is 9.90 Å². The highest BCUT2D eigenvalue weighted by atomic mass is 35.5. The third kappa shape index (κ3) is 3.80. The molecule has 6 nitrogen and oxygen atoms in total. The minimum atomic E-state index is -0.158. The number of amides is 1. The van der Waals surface area contributed by atoms with Crippen molar-refractivity contribution in [2.75, 3.05) is 32.2 Å². The molecule has 1 N–H and O–H groups in total. The Morgan fingerprint density at radius 2 is 2.29 bits per heavy atom. The van der Waals surface area contributed by atoms with E-state index in [9.17, 15) is 9.90 Å². The summed E-state index contributed by atoms with van der Waals surface area (Å²) in [6.45, 7) is 2.02. The molecule has 0 spiro atoms. The van der Waals surface area contributed by atoms with Crippen LogP contribution < -0.4 is 4.48 Å². The third-order valence-corrected chi connectivity index (χ3v) is 5.07. The number of nitrogens with zero attached hydrogens (tertiary/aromatic N) is 4. The number of aromatic nitrogens is 3. The molecule has 24 heavy (non-hydrogen) atoms. The number of pyridine rings is 1. The van der Waals surface area contributed by atoms with Gasteiger partial charge in [-0.05, 0) is 25.3 Å². The summed E-state index contributed by atoms with van der Waals surface area (Å²) in [5, 5.41) is 14.0. The molecule has 0 aliphatic heterocycles. The average molecular weight is 370 g/mol. The molecule has 2 atom stereocenters. The number of likely N-dealkylation sites (N-methyl/N-ethyl adjacent to an activating group) is 1. The Kier molecular flexibility index (Phi) is 6.40. The highest BCUT2D eigenvalue weighted by molar-refractivity contribution is 7.98. The Morgan fingerprint density at radius 3 is 2.88 bits per heavy atom. The Labute approximate surface area is 151 Å². The van der Waals surface area contributed by atoms with Gasteiger partial charge in [0.25, 0.3) is 0 Å². The Bertz CT molecular complexity index is 695. The maximum absolute atomic E-state index is 13.0. The standard InChI is InChI=1S/C16H22ClN4O2S/c1-12(11-24-3)16(23)21(2,7-8-22)14-10-20(19-15(14)17)13-5-4-6-18-9-13/h4-6,9-10,12,22H,7-8,11H2,1-3H3/q+1. The second kappa shape index (κ2) is 8.11. The lowest BCUT2D eigenvalue weighted by Crippen LogP contribution is -2.55. The number of aliphatic hydroxyl groups is 1. The van der Waals surface area contributed by atoms with Crippen LogP contribution in [0.5, 0.6) is 0 Å². The van der Waals surface area contributed by atoms with Crippen LogP contribution in [0.2, 0.25) is 5.15 Å². The fourth-order valence-electron chi connectivity index (χ4n) is 2.65. The highest BCUT2D eigenvalue weighted by Gasteiger charge is 2.40. The number of carbonyl (C=O) groups is 1. The Balaban J connectivity index is 2.44. The molecule has 130 valence electrons. The van der Waals surface area contributed by atoms with Crippen molar-refractivity contribution in [1.29, 1.82) is 0 Å². The van der Waals surface area contributed by atoms with Crippen LogP contribution in [0.15, 0.2) is 30.7 Å². The van der Waals surface area contributed by atoms with E-state index in [4.69, 9.17) is 11.6 Å². The van der Waals surface area contributed by atoms with Gasteiger partial charge in [-0.15, -0.1) is 5.10 Å². The molecule has 0 aliphatic rings. The van der Waals surface area contributed by atoms with Gasteiger partial charge in [0, 0.05) is 11.9 Å². The van der Waals surface area contributed by atoms with E-state index in [-0.39, 0.29) is 34.6 Å². The summed E-state index contributed by atoms with van der Waals surface area (Å²) in [5.41, 5.74) is 1.33. The number of hydrogen-bond donors (Lipinski definition) is 1. The van der Waals surface area contributed by atoms with Crippen molar-refractivity contribution in [2.24, 2.45) is 5.92 Å². The normalized spacial score (nSPS) is 15.0. The van der Waals surface area contributed by atoms with Crippen LogP contribution in [0.25, 0.3) is 5.69 Å². The molecule has 2 rings (SSSR count). The predicted octanol–water partition coefficient (Wildman–Crippen LogP) is 2.38. The van der Waals surface area contributed by atoms with E-state index in [0.29, 0.717) is 11.4 Å². The van der Waals surface area contributed by atoms with E-state index < -0.39 is 0 Å². The van der Waals surface area contributed by atoms with Crippen molar-refractivity contribution >= 4 is 35.0 Å². The SMILES string of the molecule is CSCC(C)C(=O)[N+](C)(CCO)c1cn(-c2cccnc2)nc1Cl. The number of halogens is 1. The molecule has 0 saturated heterocycles. The zero-order valence-corrected chi connectivity index (χ0v) is 15.6. The quantitative estimate of drug-likeness (QED) is 0.759. The lowest BCUT2D eigenvalue weighted by atomic mass is 10.1. The van der Waals surface area contributed by atoms with E-state index in [1.165, 1.54) is 0 Å². The van der Waals surface area contributed by atoms with Crippen molar-refractivity contribution in [1.82, 2.24) is 19.2 Å². The smallest absolute Gasteiger partial charge is 0.322 e. The third-order valence-electron chi connectivity index (χ3n) is 3.97. The highest BCUT2D eigenvalue weighted by Crippen LogP contribution is 2.32. The number of thioether (sulfide) groups is 1. The number of rotatable bonds is 7. The zero-order chi connectivity index (χ0) is 17.7. The summed E-state index contributed by atoms with van der Waals surface area (Å²) in [7, 11) is 1.77. The maximum atomic E-state index is 13.0. The Morgan fingerprint density at radius 1 is 1.54 bits per heavy atom. The molecule has 1 amide bonds. The van der Waals surface area contributed by atoms with Crippen molar-refractivity contribution in [2.45, 2.75) is 6.92 Å². The van der Waals surface area contributed by atoms with Crippen LogP contribution in [0.1, 0.15) is 6.92 Å². The molecule has 0 aromatic carbocycles. The van der Waals surface area contributed by atoms with Crippen LogP contribution >= 0.6 is 23.4 Å². The van der Waals surface area contributed by atoms with Crippen LogP contribution in [0.4, 0.5) is 5.69 Å². The largest absolute Gasteiger partial charge is 0.390 e. The van der Waals surface area contributed by atoms with Gasteiger partial charge in [0.15, 0.2) is 5.69 Å². The molecule has 0 bridgehead atoms. The van der Waals surface area contributed by atoms with Gasteiger partial charge in [0.1, 0.15) is 6.54 Å². The van der Waals surface area contributed by atoms with Gasteiger partial charge in [0.2, 0.25) is 5.15 Å². The monoisotopic (exact) mass is 369 g/mol. The first-order valence-electron chi connectivity index (χ1n) is 7.60. The molecular weight excluding hydrogens is 348 g/mol. The summed E-state index contributed by atoms with van der Waals surface area (Å²) >= 11 is 7.95. The lowest BCUT2D eigenvalue weighted by Gasteiger charge is -2.31. The summed E-state index contributed by atoms with van der Waals surface area (Å²) in [6, 6.07) is 3.66. The first-order chi connectivity index (χ1) is 11.4. The molecule has 0 radical (unpaired) electrons. The van der Waals surface area contributed by atoms with E-state index in [1.807, 2.05) is 19.2 Å². The second-order valence-corrected chi connectivity index (χ2v) is 7.06. The minimum absolute atomic E-state index is 0.00559. The molecule has 2 aromatic rings. The van der Waals surface area contributed by atoms with Crippen LogP contribution in [-0.2, 0) is 4.79 Å². The van der Waals surface area contributed by atoms with Gasteiger partial charge >= 0.3 is 5.91 Å². The van der Waals surface area contributed by atoms with E-state index in [0.717, 1.165) is 5.69 Å². The summed E-state index contributed by atoms with van der Waals surface area (Å²) in [4.78, 5) is 17.1. The maximum Gasteiger partial charge on any atom is 0.322 e. The zero-order valence-electron chi connectivity index (χ0n) is 14.0. The summed E-state index contributed by atoms with van der Waals surface area (Å²) < 4.78 is 1.52. The molecule has 0 saturated carbocycles. The number of hydrogen-bond acceptors (Lipinski definition) is 5. The Hall–Kier alpha value is -1.41. The average Bonchev–Trinajstić information content (AvgIpc) is 2.98. The number of aliphatic hydroxyl groups excluding tert-OH is 1. The molecule has 2 unspecified atom stereocenters. The predicted molar refractivity (Wildman–Crippen MR) is 98.6 cm³/mol. The minimum Gasteiger partial charge on any atom is -0.390 e. The fraction of sp³-hybridized carbons (Fsp3) is 0.438. The molecular formula is C16H22ClN4O2S+. The number of carbonyl (C=O) groups excluding carboxylic acids is 1. The summed E-state index contributed by atoms with van der Waals surface area (Å²) in [5.74, 6) is 0.562. The van der Waals surface area contributed by atoms with E-state index in [2.05, 4.69) is 10.1 Å². The van der Waals surface area contributed by atoms with E-state index in [1.54, 1.807) is 48.1 Å². The van der Waals surface area contributed by atoms with E-state index >= 15 is 0 Å². The van der Waals surface area contributed by atoms with Gasteiger partial charge in [0.05, 0.1) is 37.7 Å².